The number of hydrogen-bond acceptors (Lipinski definition) is 3. The highest BCUT2D eigenvalue weighted by molar-refractivity contribution is 6.59. The van der Waals surface area contributed by atoms with Gasteiger partial charge in [0.1, 0.15) is 0 Å². The van der Waals surface area contributed by atoms with Crippen LogP contribution >= 0.6 is 0 Å². The second kappa shape index (κ2) is 3.63. The van der Waals surface area contributed by atoms with Crippen LogP contribution in [0, 0.1) is 0 Å². The van der Waals surface area contributed by atoms with Gasteiger partial charge in [-0.25, -0.2) is 0 Å². The average Bonchev–Trinajstić information content (AvgIpc) is 2.18. The maximum absolute atomic E-state index is 9.19. The molecule has 0 spiro atoms. The highest BCUT2D eigenvalue weighted by atomic mass is 16.4. The van der Waals surface area contributed by atoms with Crippen LogP contribution in [0.15, 0.2) is 12.1 Å². The van der Waals surface area contributed by atoms with Crippen molar-refractivity contribution >= 4 is 18.3 Å². The first-order valence-corrected chi connectivity index (χ1v) is 4.96. The summed E-state index contributed by atoms with van der Waals surface area (Å²) in [6.07, 6.45) is 4.12. The van der Waals surface area contributed by atoms with Crippen molar-refractivity contribution in [1.82, 2.24) is 0 Å². The van der Waals surface area contributed by atoms with Gasteiger partial charge in [-0.3, -0.25) is 0 Å². The van der Waals surface area contributed by atoms with Gasteiger partial charge in [0.2, 0.25) is 0 Å². The molecule has 0 unspecified atom stereocenters. The molecule has 0 aromatic heterocycles. The lowest BCUT2D eigenvalue weighted by Crippen LogP contribution is -2.35. The van der Waals surface area contributed by atoms with E-state index in [1.165, 1.54) is 0 Å². The minimum atomic E-state index is -1.37. The largest absolute Gasteiger partial charge is 0.488 e. The normalized spacial score (nSPS) is 15.0. The number of fused-ring (bicyclic) bond motifs is 1. The molecule has 0 fully saturated rings. The lowest BCUT2D eigenvalue weighted by Gasteiger charge is -2.20. The first kappa shape index (κ1) is 9.56. The van der Waals surface area contributed by atoms with Crippen molar-refractivity contribution < 1.29 is 10.0 Å². The summed E-state index contributed by atoms with van der Waals surface area (Å²) in [7, 11) is -1.37. The van der Waals surface area contributed by atoms with Crippen LogP contribution < -0.4 is 11.2 Å². The van der Waals surface area contributed by atoms with E-state index in [0.717, 1.165) is 42.5 Å². The predicted molar refractivity (Wildman–Crippen MR) is 57.3 cm³/mol. The van der Waals surface area contributed by atoms with Crippen LogP contribution in [0.1, 0.15) is 24.0 Å². The third kappa shape index (κ3) is 1.51. The molecular weight excluding hydrogens is 177 g/mol. The predicted octanol–water partition coefficient (Wildman–Crippen LogP) is -0.173. The Bertz CT molecular complexity index is 352. The summed E-state index contributed by atoms with van der Waals surface area (Å²) in [6, 6.07) is 3.48. The topological polar surface area (TPSA) is 66.5 Å². The molecular formula is C10H14BNO2. The van der Waals surface area contributed by atoms with Gasteiger partial charge in [-0.2, -0.15) is 0 Å². The Balaban J connectivity index is 2.53. The Morgan fingerprint density at radius 3 is 2.36 bits per heavy atom. The van der Waals surface area contributed by atoms with Crippen molar-refractivity contribution in [3.8, 4) is 0 Å². The quantitative estimate of drug-likeness (QED) is 0.426. The minimum absolute atomic E-state index is 0.619. The van der Waals surface area contributed by atoms with E-state index in [0.29, 0.717) is 5.46 Å². The fourth-order valence-corrected chi connectivity index (χ4v) is 2.17. The van der Waals surface area contributed by atoms with Crippen LogP contribution in [-0.2, 0) is 12.8 Å². The Hall–Kier alpha value is -0.995. The number of hydrogen-bond donors (Lipinski definition) is 3. The zero-order chi connectivity index (χ0) is 10.1. The summed E-state index contributed by atoms with van der Waals surface area (Å²) in [6.45, 7) is 0. The van der Waals surface area contributed by atoms with Crippen LogP contribution in [0.3, 0.4) is 0 Å². The van der Waals surface area contributed by atoms with Crippen molar-refractivity contribution in [1.29, 1.82) is 0 Å². The summed E-state index contributed by atoms with van der Waals surface area (Å²) in [4.78, 5) is 0. The molecule has 0 aliphatic heterocycles. The van der Waals surface area contributed by atoms with Crippen LogP contribution in [0.5, 0.6) is 0 Å². The zero-order valence-electron chi connectivity index (χ0n) is 8.03. The first-order chi connectivity index (χ1) is 6.70. The summed E-state index contributed by atoms with van der Waals surface area (Å²) < 4.78 is 0. The van der Waals surface area contributed by atoms with Crippen molar-refractivity contribution in [2.45, 2.75) is 25.7 Å². The second-order valence-electron chi connectivity index (χ2n) is 3.78. The van der Waals surface area contributed by atoms with Gasteiger partial charge >= 0.3 is 7.12 Å². The smallest absolute Gasteiger partial charge is 0.423 e. The summed E-state index contributed by atoms with van der Waals surface area (Å²) in [5.41, 5.74) is 9.41. The third-order valence-corrected chi connectivity index (χ3v) is 2.89. The molecule has 0 saturated heterocycles. The van der Waals surface area contributed by atoms with E-state index in [-0.39, 0.29) is 0 Å². The summed E-state index contributed by atoms with van der Waals surface area (Å²) >= 11 is 0. The standard InChI is InChI=1S/C10H14BNO2/c12-10-6-5-9(11(13)14)7-3-1-2-4-8(7)10/h5-6,13-14H,1-4,12H2. The van der Waals surface area contributed by atoms with Crippen LogP contribution in [0.25, 0.3) is 0 Å². The molecule has 1 aliphatic rings. The molecule has 0 amide bonds. The molecule has 0 saturated carbocycles. The SMILES string of the molecule is Nc1ccc(B(O)O)c2c1CCCC2. The van der Waals surface area contributed by atoms with E-state index in [4.69, 9.17) is 5.73 Å². The lowest BCUT2D eigenvalue weighted by molar-refractivity contribution is 0.425. The van der Waals surface area contributed by atoms with Gasteiger partial charge in [0.05, 0.1) is 0 Å². The lowest BCUT2D eigenvalue weighted by atomic mass is 9.72. The van der Waals surface area contributed by atoms with Crippen LogP contribution in [-0.4, -0.2) is 17.2 Å². The van der Waals surface area contributed by atoms with E-state index < -0.39 is 7.12 Å². The van der Waals surface area contributed by atoms with E-state index in [9.17, 15) is 10.0 Å². The Morgan fingerprint density at radius 2 is 1.71 bits per heavy atom. The monoisotopic (exact) mass is 191 g/mol. The van der Waals surface area contributed by atoms with Crippen molar-refractivity contribution in [2.75, 3.05) is 5.73 Å². The maximum Gasteiger partial charge on any atom is 0.488 e. The third-order valence-electron chi connectivity index (χ3n) is 2.89. The van der Waals surface area contributed by atoms with Gasteiger partial charge in [-0.1, -0.05) is 6.07 Å². The highest BCUT2D eigenvalue weighted by Crippen LogP contribution is 2.24. The number of benzene rings is 1. The molecule has 1 aliphatic carbocycles. The Kier molecular flexibility index (Phi) is 2.48. The Morgan fingerprint density at radius 1 is 1.07 bits per heavy atom. The molecule has 1 aromatic rings. The summed E-state index contributed by atoms with van der Waals surface area (Å²) in [5.74, 6) is 0. The molecule has 0 atom stereocenters. The molecule has 2 rings (SSSR count). The molecule has 4 heteroatoms. The maximum atomic E-state index is 9.19. The summed E-state index contributed by atoms with van der Waals surface area (Å²) in [5, 5.41) is 18.4. The molecule has 74 valence electrons. The van der Waals surface area contributed by atoms with Crippen LogP contribution in [0.4, 0.5) is 5.69 Å². The fourth-order valence-electron chi connectivity index (χ4n) is 2.17. The fraction of sp³-hybridized carbons (Fsp3) is 0.400. The zero-order valence-corrected chi connectivity index (χ0v) is 8.03. The molecule has 0 radical (unpaired) electrons. The van der Waals surface area contributed by atoms with Gasteiger partial charge in [0, 0.05) is 5.69 Å². The number of nitrogen functional groups attached to an aromatic ring is 1. The number of nitrogens with two attached hydrogens (primary N) is 1. The molecule has 14 heavy (non-hydrogen) atoms. The molecule has 4 N–H and O–H groups in total. The van der Waals surface area contributed by atoms with E-state index in [2.05, 4.69) is 0 Å². The van der Waals surface area contributed by atoms with Gasteiger partial charge in [-0.05, 0) is 48.3 Å². The van der Waals surface area contributed by atoms with Gasteiger partial charge < -0.3 is 15.8 Å². The molecule has 0 heterocycles. The second-order valence-corrected chi connectivity index (χ2v) is 3.78. The molecule has 3 nitrogen and oxygen atoms in total. The average molecular weight is 191 g/mol. The van der Waals surface area contributed by atoms with Gasteiger partial charge in [-0.15, -0.1) is 0 Å². The van der Waals surface area contributed by atoms with E-state index >= 15 is 0 Å². The number of rotatable bonds is 1. The number of anilines is 1. The highest BCUT2D eigenvalue weighted by Gasteiger charge is 2.21. The Labute approximate surface area is 83.7 Å². The van der Waals surface area contributed by atoms with Gasteiger partial charge in [0.25, 0.3) is 0 Å². The molecule has 1 aromatic carbocycles. The molecule has 0 bridgehead atoms. The van der Waals surface area contributed by atoms with E-state index in [1.807, 2.05) is 0 Å². The van der Waals surface area contributed by atoms with Crippen LogP contribution in [0.2, 0.25) is 0 Å². The van der Waals surface area contributed by atoms with Crippen molar-refractivity contribution in [3.63, 3.8) is 0 Å². The van der Waals surface area contributed by atoms with Gasteiger partial charge in [0.15, 0.2) is 0 Å². The van der Waals surface area contributed by atoms with Crippen molar-refractivity contribution in [3.05, 3.63) is 23.3 Å². The first-order valence-electron chi connectivity index (χ1n) is 4.96. The van der Waals surface area contributed by atoms with Crippen molar-refractivity contribution in [2.24, 2.45) is 0 Å². The minimum Gasteiger partial charge on any atom is -0.423 e. The van der Waals surface area contributed by atoms with E-state index in [1.54, 1.807) is 12.1 Å².